The van der Waals surface area contributed by atoms with E-state index in [-0.39, 0.29) is 6.29 Å². The minimum absolute atomic E-state index is 0.0938. The van der Waals surface area contributed by atoms with Gasteiger partial charge in [-0.1, -0.05) is 0 Å². The van der Waals surface area contributed by atoms with Gasteiger partial charge in [0.25, 0.3) is 0 Å². The molecule has 1 aliphatic carbocycles. The number of ether oxygens (including phenoxy) is 2. The molecule has 2 aliphatic rings. The van der Waals surface area contributed by atoms with Gasteiger partial charge in [0, 0.05) is 6.61 Å². The third-order valence-electron chi connectivity index (χ3n) is 4.24. The Bertz CT molecular complexity index is 468. The number of nitrogens with zero attached hydrogens (tertiary/aromatic N) is 3. The van der Waals surface area contributed by atoms with Gasteiger partial charge in [-0.25, -0.2) is 9.67 Å². The predicted molar refractivity (Wildman–Crippen MR) is 79.6 cm³/mol. The molecule has 1 aromatic heterocycles. The molecule has 2 heterocycles. The molecule has 0 radical (unpaired) electrons. The third-order valence-corrected chi connectivity index (χ3v) is 4.57. The molecule has 1 N–H and O–H groups in total. The van der Waals surface area contributed by atoms with Gasteiger partial charge >= 0.3 is 0 Å². The van der Waals surface area contributed by atoms with Crippen LogP contribution in [0.3, 0.4) is 0 Å². The fraction of sp³-hybridized carbons (Fsp3) is 0.857. The molecule has 1 atom stereocenters. The number of halogens is 1. The van der Waals surface area contributed by atoms with E-state index in [1.54, 1.807) is 4.68 Å². The van der Waals surface area contributed by atoms with Crippen LogP contribution in [0.15, 0.2) is 4.73 Å². The summed E-state index contributed by atoms with van der Waals surface area (Å²) in [5.41, 5.74) is -0.833. The van der Waals surface area contributed by atoms with Crippen molar-refractivity contribution < 1.29 is 14.6 Å². The molecule has 1 aromatic rings. The molecule has 6 nitrogen and oxygen atoms in total. The van der Waals surface area contributed by atoms with Crippen LogP contribution in [0.4, 0.5) is 0 Å². The lowest BCUT2D eigenvalue weighted by atomic mass is 10.0. The first-order valence-corrected chi connectivity index (χ1v) is 8.53. The highest BCUT2D eigenvalue weighted by atomic mass is 79.9. The monoisotopic (exact) mass is 359 g/mol. The molecule has 2 fully saturated rings. The molecular weight excluding hydrogens is 338 g/mol. The Labute approximate surface area is 133 Å². The average molecular weight is 360 g/mol. The van der Waals surface area contributed by atoms with Crippen LogP contribution in [0.5, 0.6) is 0 Å². The second kappa shape index (κ2) is 6.73. The summed E-state index contributed by atoms with van der Waals surface area (Å²) in [4.78, 5) is 4.36. The van der Waals surface area contributed by atoms with Gasteiger partial charge in [-0.3, -0.25) is 0 Å². The van der Waals surface area contributed by atoms with Crippen LogP contribution in [0.2, 0.25) is 0 Å². The van der Waals surface area contributed by atoms with Gasteiger partial charge in [-0.05, 0) is 60.9 Å². The lowest BCUT2D eigenvalue weighted by molar-refractivity contribution is -0.164. The number of aliphatic hydroxyl groups is 1. The summed E-state index contributed by atoms with van der Waals surface area (Å²) in [7, 11) is 0. The molecule has 0 amide bonds. The van der Waals surface area contributed by atoms with Crippen molar-refractivity contribution in [3.8, 4) is 0 Å². The summed E-state index contributed by atoms with van der Waals surface area (Å²) < 4.78 is 13.6. The number of hydrogen-bond acceptors (Lipinski definition) is 5. The van der Waals surface area contributed by atoms with Crippen molar-refractivity contribution in [2.24, 2.45) is 0 Å². The lowest BCUT2D eigenvalue weighted by Crippen LogP contribution is -2.29. The Morgan fingerprint density at radius 3 is 2.86 bits per heavy atom. The van der Waals surface area contributed by atoms with Crippen molar-refractivity contribution in [2.45, 2.75) is 63.4 Å². The highest BCUT2D eigenvalue weighted by Gasteiger charge is 2.38. The van der Waals surface area contributed by atoms with E-state index in [0.717, 1.165) is 51.6 Å². The first kappa shape index (κ1) is 15.4. The first-order chi connectivity index (χ1) is 10.2. The van der Waals surface area contributed by atoms with Gasteiger partial charge in [0.1, 0.15) is 5.60 Å². The standard InChI is InChI=1S/C14H22BrN3O3/c15-13-16-12(14(19)6-2-3-7-14)18(17-13)8-10-21-11-5-1-4-9-20-11/h11,19H,1-10H2. The Morgan fingerprint density at radius 1 is 1.33 bits per heavy atom. The van der Waals surface area contributed by atoms with Gasteiger partial charge in [-0.15, -0.1) is 5.10 Å². The summed E-state index contributed by atoms with van der Waals surface area (Å²) >= 11 is 3.30. The van der Waals surface area contributed by atoms with Crippen molar-refractivity contribution in [3.05, 3.63) is 10.6 Å². The second-order valence-electron chi connectivity index (χ2n) is 5.83. The Morgan fingerprint density at radius 2 is 2.14 bits per heavy atom. The van der Waals surface area contributed by atoms with Gasteiger partial charge < -0.3 is 14.6 Å². The van der Waals surface area contributed by atoms with Crippen molar-refractivity contribution in [3.63, 3.8) is 0 Å². The summed E-state index contributed by atoms with van der Waals surface area (Å²) in [5.74, 6) is 0.653. The largest absolute Gasteiger partial charge is 0.382 e. The van der Waals surface area contributed by atoms with E-state index in [4.69, 9.17) is 9.47 Å². The fourth-order valence-corrected chi connectivity index (χ4v) is 3.47. The van der Waals surface area contributed by atoms with Gasteiger partial charge in [0.15, 0.2) is 12.1 Å². The van der Waals surface area contributed by atoms with Crippen LogP contribution < -0.4 is 0 Å². The zero-order valence-electron chi connectivity index (χ0n) is 12.1. The lowest BCUT2D eigenvalue weighted by Gasteiger charge is -2.24. The molecular formula is C14H22BrN3O3. The minimum atomic E-state index is -0.833. The van der Waals surface area contributed by atoms with Crippen LogP contribution >= 0.6 is 15.9 Å². The van der Waals surface area contributed by atoms with Gasteiger partial charge in [0.05, 0.1) is 13.2 Å². The maximum atomic E-state index is 10.7. The van der Waals surface area contributed by atoms with E-state index in [9.17, 15) is 5.11 Å². The Hall–Kier alpha value is -0.500. The van der Waals surface area contributed by atoms with Crippen molar-refractivity contribution in [1.29, 1.82) is 0 Å². The van der Waals surface area contributed by atoms with E-state index in [2.05, 4.69) is 26.0 Å². The van der Waals surface area contributed by atoms with E-state index >= 15 is 0 Å². The predicted octanol–water partition coefficient (Wildman–Crippen LogP) is 2.35. The molecule has 118 valence electrons. The zero-order valence-corrected chi connectivity index (χ0v) is 13.7. The van der Waals surface area contributed by atoms with Crippen LogP contribution in [0.25, 0.3) is 0 Å². The van der Waals surface area contributed by atoms with E-state index in [1.807, 2.05) is 0 Å². The molecule has 0 aromatic carbocycles. The molecule has 7 heteroatoms. The normalized spacial score (nSPS) is 25.3. The van der Waals surface area contributed by atoms with E-state index < -0.39 is 5.60 Å². The summed E-state index contributed by atoms with van der Waals surface area (Å²) in [6.07, 6.45) is 6.72. The van der Waals surface area contributed by atoms with Gasteiger partial charge in [-0.2, -0.15) is 0 Å². The topological polar surface area (TPSA) is 69.4 Å². The van der Waals surface area contributed by atoms with Crippen molar-refractivity contribution >= 4 is 15.9 Å². The zero-order chi connectivity index (χ0) is 14.7. The van der Waals surface area contributed by atoms with E-state index in [1.165, 1.54) is 0 Å². The third kappa shape index (κ3) is 3.64. The SMILES string of the molecule is OC1(c2nc(Br)nn2CCOC2CCCCO2)CCCC1. The Balaban J connectivity index is 1.59. The molecule has 21 heavy (non-hydrogen) atoms. The van der Waals surface area contributed by atoms with E-state index in [0.29, 0.717) is 23.7 Å². The van der Waals surface area contributed by atoms with Crippen LogP contribution in [0, 0.1) is 0 Å². The molecule has 1 aliphatic heterocycles. The highest BCUT2D eigenvalue weighted by Crippen LogP contribution is 2.37. The summed E-state index contributed by atoms with van der Waals surface area (Å²) in [6.45, 7) is 1.88. The number of aromatic nitrogens is 3. The first-order valence-electron chi connectivity index (χ1n) is 7.74. The maximum absolute atomic E-state index is 10.7. The molecule has 3 rings (SSSR count). The molecule has 1 saturated heterocycles. The summed E-state index contributed by atoms with van der Waals surface area (Å²) in [5, 5.41) is 15.0. The molecule has 0 spiro atoms. The fourth-order valence-electron chi connectivity index (χ4n) is 3.11. The van der Waals surface area contributed by atoms with Crippen molar-refractivity contribution in [1.82, 2.24) is 14.8 Å². The number of hydrogen-bond donors (Lipinski definition) is 1. The maximum Gasteiger partial charge on any atom is 0.217 e. The average Bonchev–Trinajstić information content (AvgIpc) is 3.08. The van der Waals surface area contributed by atoms with Gasteiger partial charge in [0.2, 0.25) is 4.73 Å². The van der Waals surface area contributed by atoms with Crippen LogP contribution in [-0.4, -0.2) is 39.4 Å². The van der Waals surface area contributed by atoms with Crippen LogP contribution in [0.1, 0.15) is 50.8 Å². The summed E-state index contributed by atoms with van der Waals surface area (Å²) in [6, 6.07) is 0. The quantitative estimate of drug-likeness (QED) is 0.873. The minimum Gasteiger partial charge on any atom is -0.382 e. The second-order valence-corrected chi connectivity index (χ2v) is 6.54. The van der Waals surface area contributed by atoms with Crippen LogP contribution in [-0.2, 0) is 21.6 Å². The molecule has 0 bridgehead atoms. The molecule has 1 saturated carbocycles. The Kier molecular flexibility index (Phi) is 4.93. The smallest absolute Gasteiger partial charge is 0.217 e. The van der Waals surface area contributed by atoms with Crippen molar-refractivity contribution in [2.75, 3.05) is 13.2 Å². The molecule has 1 unspecified atom stereocenters. The highest BCUT2D eigenvalue weighted by molar-refractivity contribution is 9.10. The number of rotatable bonds is 5.